The summed E-state index contributed by atoms with van der Waals surface area (Å²) in [6, 6.07) is 5.43. The first-order chi connectivity index (χ1) is 9.54. The summed E-state index contributed by atoms with van der Waals surface area (Å²) in [5, 5.41) is 4.30. The fourth-order valence-electron chi connectivity index (χ4n) is 2.02. The van der Waals surface area contributed by atoms with Gasteiger partial charge in [-0.15, -0.1) is 11.3 Å². The number of aromatic amines is 1. The number of aryl methyl sites for hydroxylation is 2. The maximum absolute atomic E-state index is 12.3. The van der Waals surface area contributed by atoms with Crippen LogP contribution < -0.4 is 11.1 Å². The van der Waals surface area contributed by atoms with Crippen LogP contribution in [0.15, 0.2) is 24.4 Å². The molecule has 0 spiro atoms. The van der Waals surface area contributed by atoms with Crippen LogP contribution in [0.2, 0.25) is 0 Å². The van der Waals surface area contributed by atoms with Gasteiger partial charge in [-0.25, -0.2) is 4.98 Å². The first-order valence-electron chi connectivity index (χ1n) is 6.16. The van der Waals surface area contributed by atoms with Gasteiger partial charge < -0.3 is 10.7 Å². The van der Waals surface area contributed by atoms with Crippen molar-refractivity contribution < 1.29 is 4.79 Å². The van der Waals surface area contributed by atoms with Gasteiger partial charge in [0.1, 0.15) is 0 Å². The molecule has 2 aromatic heterocycles. The van der Waals surface area contributed by atoms with Gasteiger partial charge in [0.05, 0.1) is 11.3 Å². The van der Waals surface area contributed by atoms with E-state index >= 15 is 0 Å². The molecule has 5 nitrogen and oxygen atoms in total. The van der Waals surface area contributed by atoms with Crippen LogP contribution in [0.3, 0.4) is 0 Å². The predicted molar refractivity (Wildman–Crippen MR) is 82.3 cm³/mol. The van der Waals surface area contributed by atoms with Crippen molar-refractivity contribution in [3.05, 3.63) is 40.5 Å². The lowest BCUT2D eigenvalue weighted by molar-refractivity contribution is 0.102. The van der Waals surface area contributed by atoms with Crippen LogP contribution in [-0.4, -0.2) is 15.9 Å². The number of nitrogen functional groups attached to an aromatic ring is 1. The van der Waals surface area contributed by atoms with Gasteiger partial charge in [-0.3, -0.25) is 10.1 Å². The van der Waals surface area contributed by atoms with Crippen LogP contribution in [0.5, 0.6) is 0 Å². The maximum atomic E-state index is 12.3. The number of anilines is 2. The Hall–Kier alpha value is -2.34. The van der Waals surface area contributed by atoms with Crippen LogP contribution in [0.25, 0.3) is 10.9 Å². The Bertz CT molecular complexity index is 783. The molecule has 0 atom stereocenters. The van der Waals surface area contributed by atoms with Crippen molar-refractivity contribution in [3.8, 4) is 0 Å². The summed E-state index contributed by atoms with van der Waals surface area (Å²) in [4.78, 5) is 20.8. The molecule has 0 saturated heterocycles. The monoisotopic (exact) mass is 286 g/mol. The Morgan fingerprint density at radius 1 is 1.40 bits per heavy atom. The van der Waals surface area contributed by atoms with Gasteiger partial charge in [-0.1, -0.05) is 0 Å². The SMILES string of the molecule is Cc1nc(NC(=O)c2c[nH]c3cc(N)ccc23)sc1C. The lowest BCUT2D eigenvalue weighted by Crippen LogP contribution is -2.11. The minimum atomic E-state index is -0.172. The molecule has 0 aliphatic heterocycles. The Balaban J connectivity index is 1.92. The van der Waals surface area contributed by atoms with E-state index in [0.717, 1.165) is 21.5 Å². The molecule has 0 fully saturated rings. The fourth-order valence-corrected chi connectivity index (χ4v) is 2.83. The molecule has 6 heteroatoms. The topological polar surface area (TPSA) is 83.8 Å². The molecule has 20 heavy (non-hydrogen) atoms. The lowest BCUT2D eigenvalue weighted by atomic mass is 10.1. The first kappa shape index (κ1) is 12.7. The average Bonchev–Trinajstić information content (AvgIpc) is 2.93. The number of H-pyrrole nitrogens is 1. The number of nitrogens with one attached hydrogen (secondary N) is 2. The van der Waals surface area contributed by atoms with E-state index in [4.69, 9.17) is 5.73 Å². The van der Waals surface area contributed by atoms with Crippen molar-refractivity contribution in [2.75, 3.05) is 11.1 Å². The summed E-state index contributed by atoms with van der Waals surface area (Å²) in [5.74, 6) is -0.172. The zero-order valence-electron chi connectivity index (χ0n) is 11.2. The lowest BCUT2D eigenvalue weighted by Gasteiger charge is -2.00. The van der Waals surface area contributed by atoms with Gasteiger partial charge in [0.2, 0.25) is 0 Å². The van der Waals surface area contributed by atoms with Crippen LogP contribution in [0.4, 0.5) is 10.8 Å². The van der Waals surface area contributed by atoms with Crippen LogP contribution in [0, 0.1) is 13.8 Å². The van der Waals surface area contributed by atoms with Crippen LogP contribution >= 0.6 is 11.3 Å². The molecule has 0 aliphatic carbocycles. The molecule has 0 radical (unpaired) electrons. The molecular weight excluding hydrogens is 272 g/mol. The molecule has 0 bridgehead atoms. The van der Waals surface area contributed by atoms with Gasteiger partial charge in [0.15, 0.2) is 5.13 Å². The molecule has 1 amide bonds. The number of nitrogens with zero attached hydrogens (tertiary/aromatic N) is 1. The molecule has 3 aromatic rings. The van der Waals surface area contributed by atoms with E-state index in [0.29, 0.717) is 16.4 Å². The molecule has 1 aromatic carbocycles. The highest BCUT2D eigenvalue weighted by Gasteiger charge is 2.14. The van der Waals surface area contributed by atoms with E-state index in [9.17, 15) is 4.79 Å². The number of amides is 1. The van der Waals surface area contributed by atoms with Gasteiger partial charge in [0, 0.05) is 27.7 Å². The third-order valence-corrected chi connectivity index (χ3v) is 4.19. The number of fused-ring (bicyclic) bond motifs is 1. The molecule has 4 N–H and O–H groups in total. The second-order valence-electron chi connectivity index (χ2n) is 4.62. The van der Waals surface area contributed by atoms with Crippen molar-refractivity contribution in [2.45, 2.75) is 13.8 Å². The number of aromatic nitrogens is 2. The number of carbonyl (C=O) groups is 1. The van der Waals surface area contributed by atoms with E-state index < -0.39 is 0 Å². The van der Waals surface area contributed by atoms with Gasteiger partial charge in [-0.2, -0.15) is 0 Å². The number of hydrogen-bond acceptors (Lipinski definition) is 4. The number of benzene rings is 1. The number of carbonyl (C=O) groups excluding carboxylic acids is 1. The summed E-state index contributed by atoms with van der Waals surface area (Å²) in [6.07, 6.45) is 1.69. The first-order valence-corrected chi connectivity index (χ1v) is 6.98. The van der Waals surface area contributed by atoms with E-state index in [1.165, 1.54) is 11.3 Å². The van der Waals surface area contributed by atoms with E-state index in [-0.39, 0.29) is 5.91 Å². The van der Waals surface area contributed by atoms with Gasteiger partial charge in [-0.05, 0) is 32.0 Å². The van der Waals surface area contributed by atoms with E-state index in [2.05, 4.69) is 15.3 Å². The predicted octanol–water partition coefficient (Wildman–Crippen LogP) is 3.08. The zero-order chi connectivity index (χ0) is 14.3. The second-order valence-corrected chi connectivity index (χ2v) is 5.83. The van der Waals surface area contributed by atoms with Crippen molar-refractivity contribution in [1.82, 2.24) is 9.97 Å². The maximum Gasteiger partial charge on any atom is 0.259 e. The standard InChI is InChI=1S/C14H14N4OS/c1-7-8(2)20-14(17-7)18-13(19)11-6-16-12-5-9(15)3-4-10(11)12/h3-6,16H,15H2,1-2H3,(H,17,18,19). The summed E-state index contributed by atoms with van der Waals surface area (Å²) >= 11 is 1.47. The molecule has 2 heterocycles. The molecule has 102 valence electrons. The smallest absolute Gasteiger partial charge is 0.259 e. The van der Waals surface area contributed by atoms with Gasteiger partial charge in [0.25, 0.3) is 5.91 Å². The highest BCUT2D eigenvalue weighted by atomic mass is 32.1. The average molecular weight is 286 g/mol. The molecule has 0 aliphatic rings. The van der Waals surface area contributed by atoms with Crippen LogP contribution in [0.1, 0.15) is 20.9 Å². The van der Waals surface area contributed by atoms with Crippen molar-refractivity contribution in [1.29, 1.82) is 0 Å². The largest absolute Gasteiger partial charge is 0.399 e. The molecular formula is C14H14N4OS. The highest BCUT2D eigenvalue weighted by Crippen LogP contribution is 2.24. The number of thiazole rings is 1. The quantitative estimate of drug-likeness (QED) is 0.633. The third kappa shape index (κ3) is 2.14. The van der Waals surface area contributed by atoms with Gasteiger partial charge >= 0.3 is 0 Å². The molecule has 3 rings (SSSR count). The summed E-state index contributed by atoms with van der Waals surface area (Å²) in [5.41, 5.74) is 8.77. The fraction of sp³-hybridized carbons (Fsp3) is 0.143. The molecule has 0 unspecified atom stereocenters. The Kier molecular flexibility index (Phi) is 2.94. The third-order valence-electron chi connectivity index (χ3n) is 3.20. The van der Waals surface area contributed by atoms with E-state index in [1.807, 2.05) is 26.0 Å². The Morgan fingerprint density at radius 3 is 2.90 bits per heavy atom. The van der Waals surface area contributed by atoms with Crippen molar-refractivity contribution in [3.63, 3.8) is 0 Å². The highest BCUT2D eigenvalue weighted by molar-refractivity contribution is 7.15. The number of hydrogen-bond donors (Lipinski definition) is 3. The summed E-state index contributed by atoms with van der Waals surface area (Å²) in [7, 11) is 0. The Labute approximate surface area is 119 Å². The normalized spacial score (nSPS) is 10.9. The van der Waals surface area contributed by atoms with Crippen LogP contribution in [-0.2, 0) is 0 Å². The summed E-state index contributed by atoms with van der Waals surface area (Å²) < 4.78 is 0. The number of rotatable bonds is 2. The van der Waals surface area contributed by atoms with E-state index in [1.54, 1.807) is 12.3 Å². The Morgan fingerprint density at radius 2 is 2.20 bits per heavy atom. The molecule has 0 saturated carbocycles. The van der Waals surface area contributed by atoms with Crippen molar-refractivity contribution >= 4 is 39.0 Å². The second kappa shape index (κ2) is 4.64. The zero-order valence-corrected chi connectivity index (χ0v) is 12.0. The summed E-state index contributed by atoms with van der Waals surface area (Å²) in [6.45, 7) is 3.91. The minimum absolute atomic E-state index is 0.172. The van der Waals surface area contributed by atoms with Crippen molar-refractivity contribution in [2.24, 2.45) is 0 Å². The minimum Gasteiger partial charge on any atom is -0.399 e. The number of nitrogens with two attached hydrogens (primary N) is 1.